The van der Waals surface area contributed by atoms with E-state index in [4.69, 9.17) is 9.47 Å². The minimum absolute atomic E-state index is 0.665. The molecular formula is C14H19NO2. The molecule has 1 heterocycles. The Bertz CT molecular complexity index is 430. The summed E-state index contributed by atoms with van der Waals surface area (Å²) in [5, 5.41) is 3.50. The molecule has 17 heavy (non-hydrogen) atoms. The van der Waals surface area contributed by atoms with Crippen LogP contribution >= 0.6 is 0 Å². The van der Waals surface area contributed by atoms with Crippen LogP contribution < -0.4 is 14.8 Å². The number of hydrogen-bond donors (Lipinski definition) is 1. The van der Waals surface area contributed by atoms with E-state index in [1.807, 2.05) is 6.07 Å². The Balaban J connectivity index is 2.09. The van der Waals surface area contributed by atoms with Gasteiger partial charge in [-0.15, -0.1) is 0 Å². The minimum Gasteiger partial charge on any atom is -0.493 e. The molecule has 0 aromatic heterocycles. The molecule has 0 radical (unpaired) electrons. The average molecular weight is 233 g/mol. The molecule has 0 spiro atoms. The van der Waals surface area contributed by atoms with Crippen LogP contribution in [0.25, 0.3) is 0 Å². The third-order valence-corrected chi connectivity index (χ3v) is 4.19. The Labute approximate surface area is 102 Å². The second-order valence-electron chi connectivity index (χ2n) is 4.93. The van der Waals surface area contributed by atoms with Crippen molar-refractivity contribution in [2.24, 2.45) is 5.92 Å². The van der Waals surface area contributed by atoms with Crippen LogP contribution in [-0.4, -0.2) is 27.3 Å². The van der Waals surface area contributed by atoms with Gasteiger partial charge in [0.05, 0.1) is 14.2 Å². The summed E-state index contributed by atoms with van der Waals surface area (Å²) in [4.78, 5) is 0. The molecule has 2 atom stereocenters. The summed E-state index contributed by atoms with van der Waals surface area (Å²) in [5.74, 6) is 3.27. The maximum absolute atomic E-state index is 5.54. The number of methoxy groups -OCH3 is 2. The van der Waals surface area contributed by atoms with Crippen LogP contribution in [0, 0.1) is 5.92 Å². The average Bonchev–Trinajstić information content (AvgIpc) is 2.85. The van der Waals surface area contributed by atoms with Crippen molar-refractivity contribution < 1.29 is 9.47 Å². The summed E-state index contributed by atoms with van der Waals surface area (Å²) in [7, 11) is 3.43. The van der Waals surface area contributed by atoms with E-state index in [2.05, 4.69) is 11.4 Å². The van der Waals surface area contributed by atoms with E-state index in [9.17, 15) is 0 Å². The van der Waals surface area contributed by atoms with Crippen molar-refractivity contribution in [1.82, 2.24) is 5.32 Å². The molecule has 3 heteroatoms. The minimum atomic E-state index is 0.665. The lowest BCUT2D eigenvalue weighted by Crippen LogP contribution is -2.19. The van der Waals surface area contributed by atoms with Gasteiger partial charge in [-0.2, -0.15) is 0 Å². The molecule has 3 rings (SSSR count). The van der Waals surface area contributed by atoms with Gasteiger partial charge >= 0.3 is 0 Å². The van der Waals surface area contributed by atoms with Crippen molar-refractivity contribution in [2.75, 3.05) is 27.3 Å². The highest BCUT2D eigenvalue weighted by Crippen LogP contribution is 2.45. The number of fused-ring (bicyclic) bond motifs is 3. The molecule has 1 aliphatic heterocycles. The molecule has 0 bridgehead atoms. The summed E-state index contributed by atoms with van der Waals surface area (Å²) in [5.41, 5.74) is 2.82. The van der Waals surface area contributed by atoms with Crippen LogP contribution in [0.1, 0.15) is 23.5 Å². The van der Waals surface area contributed by atoms with E-state index in [-0.39, 0.29) is 0 Å². The van der Waals surface area contributed by atoms with E-state index in [0.717, 1.165) is 30.4 Å². The largest absolute Gasteiger partial charge is 0.493 e. The van der Waals surface area contributed by atoms with Gasteiger partial charge < -0.3 is 14.8 Å². The van der Waals surface area contributed by atoms with Gasteiger partial charge in [0.25, 0.3) is 0 Å². The fourth-order valence-corrected chi connectivity index (χ4v) is 3.34. The van der Waals surface area contributed by atoms with Gasteiger partial charge in [0, 0.05) is 18.0 Å². The number of benzene rings is 1. The van der Waals surface area contributed by atoms with Crippen molar-refractivity contribution in [3.63, 3.8) is 0 Å². The Hall–Kier alpha value is -1.22. The number of ether oxygens (including phenoxy) is 2. The van der Waals surface area contributed by atoms with E-state index in [1.165, 1.54) is 24.1 Å². The zero-order chi connectivity index (χ0) is 11.8. The van der Waals surface area contributed by atoms with Crippen LogP contribution in [0.15, 0.2) is 12.1 Å². The Kier molecular flexibility index (Phi) is 2.71. The molecule has 1 fully saturated rings. The van der Waals surface area contributed by atoms with Gasteiger partial charge in [0.2, 0.25) is 0 Å². The molecule has 3 nitrogen and oxygen atoms in total. The molecule has 0 unspecified atom stereocenters. The smallest absolute Gasteiger partial charge is 0.164 e. The highest BCUT2D eigenvalue weighted by atomic mass is 16.5. The molecule has 1 aromatic rings. The van der Waals surface area contributed by atoms with Crippen LogP contribution in [-0.2, 0) is 6.42 Å². The molecule has 1 N–H and O–H groups in total. The maximum Gasteiger partial charge on any atom is 0.164 e. The number of rotatable bonds is 2. The monoisotopic (exact) mass is 233 g/mol. The van der Waals surface area contributed by atoms with E-state index in [0.29, 0.717) is 5.92 Å². The van der Waals surface area contributed by atoms with Gasteiger partial charge in [-0.05, 0) is 36.9 Å². The normalized spacial score (nSPS) is 26.2. The van der Waals surface area contributed by atoms with Crippen LogP contribution in [0.2, 0.25) is 0 Å². The summed E-state index contributed by atoms with van der Waals surface area (Å²) in [6.07, 6.45) is 2.37. The first-order valence-electron chi connectivity index (χ1n) is 6.29. The first-order chi connectivity index (χ1) is 8.35. The Morgan fingerprint density at radius 1 is 1.18 bits per heavy atom. The topological polar surface area (TPSA) is 30.5 Å². The predicted octanol–water partition coefficient (Wildman–Crippen LogP) is 1.95. The standard InChI is InChI=1S/C14H19NO2/c1-16-13-6-5-10-11(14(13)17-2)4-3-9-7-15-8-12(9)10/h5-6,9,12,15H,3-4,7-8H2,1-2H3/t9-,12-/m1/s1. The number of hydrogen-bond acceptors (Lipinski definition) is 3. The third kappa shape index (κ3) is 1.61. The lowest BCUT2D eigenvalue weighted by atomic mass is 9.76. The van der Waals surface area contributed by atoms with Gasteiger partial charge in [-0.25, -0.2) is 0 Å². The van der Waals surface area contributed by atoms with Crippen molar-refractivity contribution in [2.45, 2.75) is 18.8 Å². The Morgan fingerprint density at radius 3 is 2.82 bits per heavy atom. The van der Waals surface area contributed by atoms with Gasteiger partial charge in [-0.3, -0.25) is 0 Å². The van der Waals surface area contributed by atoms with Crippen LogP contribution in [0.5, 0.6) is 11.5 Å². The molecule has 2 aliphatic rings. The zero-order valence-electron chi connectivity index (χ0n) is 10.5. The molecular weight excluding hydrogens is 214 g/mol. The van der Waals surface area contributed by atoms with Crippen molar-refractivity contribution in [3.8, 4) is 11.5 Å². The maximum atomic E-state index is 5.54. The molecule has 92 valence electrons. The number of nitrogens with one attached hydrogen (secondary N) is 1. The lowest BCUT2D eigenvalue weighted by molar-refractivity contribution is 0.344. The lowest BCUT2D eigenvalue weighted by Gasteiger charge is -2.29. The quantitative estimate of drug-likeness (QED) is 0.847. The van der Waals surface area contributed by atoms with Gasteiger partial charge in [0.15, 0.2) is 11.5 Å². The molecule has 1 aliphatic carbocycles. The second-order valence-corrected chi connectivity index (χ2v) is 4.93. The molecule has 0 amide bonds. The highest BCUT2D eigenvalue weighted by Gasteiger charge is 2.35. The fraction of sp³-hybridized carbons (Fsp3) is 0.571. The summed E-state index contributed by atoms with van der Waals surface area (Å²) in [6, 6.07) is 4.26. The second kappa shape index (κ2) is 4.22. The van der Waals surface area contributed by atoms with Crippen molar-refractivity contribution in [3.05, 3.63) is 23.3 Å². The van der Waals surface area contributed by atoms with Crippen LogP contribution in [0.3, 0.4) is 0 Å². The highest BCUT2D eigenvalue weighted by molar-refractivity contribution is 5.53. The van der Waals surface area contributed by atoms with E-state index in [1.54, 1.807) is 14.2 Å². The zero-order valence-corrected chi connectivity index (χ0v) is 10.5. The SMILES string of the molecule is COc1ccc2c(c1OC)CC[C@@H]1CNC[C@@H]21. The van der Waals surface area contributed by atoms with Crippen LogP contribution in [0.4, 0.5) is 0 Å². The van der Waals surface area contributed by atoms with E-state index >= 15 is 0 Å². The predicted molar refractivity (Wildman–Crippen MR) is 67.0 cm³/mol. The van der Waals surface area contributed by atoms with Gasteiger partial charge in [-0.1, -0.05) is 6.07 Å². The fourth-order valence-electron chi connectivity index (χ4n) is 3.34. The van der Waals surface area contributed by atoms with Crippen molar-refractivity contribution in [1.29, 1.82) is 0 Å². The molecule has 1 saturated heterocycles. The molecule has 1 aromatic carbocycles. The van der Waals surface area contributed by atoms with Gasteiger partial charge in [0.1, 0.15) is 0 Å². The Morgan fingerprint density at radius 2 is 2.06 bits per heavy atom. The van der Waals surface area contributed by atoms with Crippen molar-refractivity contribution >= 4 is 0 Å². The summed E-state index contributed by atoms with van der Waals surface area (Å²) >= 11 is 0. The summed E-state index contributed by atoms with van der Waals surface area (Å²) in [6.45, 7) is 2.27. The first-order valence-corrected chi connectivity index (χ1v) is 6.29. The van der Waals surface area contributed by atoms with E-state index < -0.39 is 0 Å². The molecule has 0 saturated carbocycles. The summed E-state index contributed by atoms with van der Waals surface area (Å²) < 4.78 is 10.9. The first kappa shape index (κ1) is 10.9. The third-order valence-electron chi connectivity index (χ3n) is 4.19.